The molecule has 3 aromatic carbocycles. The van der Waals surface area contributed by atoms with Crippen LogP contribution in [0.1, 0.15) is 17.5 Å². The first-order valence-electron chi connectivity index (χ1n) is 8.35. The third-order valence-electron chi connectivity index (χ3n) is 5.07. The summed E-state index contributed by atoms with van der Waals surface area (Å²) in [7, 11) is 0. The molecule has 1 unspecified atom stereocenters. The summed E-state index contributed by atoms with van der Waals surface area (Å²) < 4.78 is 42.6. The van der Waals surface area contributed by atoms with Gasteiger partial charge >= 0.3 is 6.18 Å². The molecule has 1 atom stereocenters. The molecule has 1 aliphatic heterocycles. The van der Waals surface area contributed by atoms with Crippen LogP contribution in [-0.4, -0.2) is 18.4 Å². The second-order valence-electron chi connectivity index (χ2n) is 6.70. The summed E-state index contributed by atoms with van der Waals surface area (Å²) in [6.45, 7) is -0.383. The molecular weight excluding hydrogens is 394 g/mol. The van der Waals surface area contributed by atoms with Gasteiger partial charge in [-0.1, -0.05) is 65.7 Å². The summed E-state index contributed by atoms with van der Waals surface area (Å²) in [5, 5.41) is 2.22. The van der Waals surface area contributed by atoms with Crippen LogP contribution in [0.15, 0.2) is 65.7 Å². The predicted molar refractivity (Wildman–Crippen MR) is 104 cm³/mol. The van der Waals surface area contributed by atoms with Crippen LogP contribution >= 0.6 is 23.2 Å². The van der Waals surface area contributed by atoms with Crippen LogP contribution in [0.2, 0.25) is 10.0 Å². The Morgan fingerprint density at radius 3 is 2.26 bits per heavy atom. The Bertz CT molecular complexity index is 1030. The average Bonchev–Trinajstić information content (AvgIpc) is 3.07. The fraction of sp³-hybridized carbons (Fsp3) is 0.190. The first-order valence-corrected chi connectivity index (χ1v) is 9.10. The maximum atomic E-state index is 14.2. The van der Waals surface area contributed by atoms with Gasteiger partial charge in [-0.25, -0.2) is 0 Å². The summed E-state index contributed by atoms with van der Waals surface area (Å²) in [5.41, 5.74) is -0.910. The highest BCUT2D eigenvalue weighted by Gasteiger charge is 2.58. The third-order valence-corrected chi connectivity index (χ3v) is 5.50. The quantitative estimate of drug-likeness (QED) is 0.440. The molecule has 0 aliphatic carbocycles. The molecule has 1 heterocycles. The van der Waals surface area contributed by atoms with Crippen molar-refractivity contribution in [2.24, 2.45) is 4.99 Å². The number of rotatable bonds is 2. The fourth-order valence-corrected chi connectivity index (χ4v) is 4.19. The van der Waals surface area contributed by atoms with Crippen LogP contribution < -0.4 is 0 Å². The minimum atomic E-state index is -4.49. The van der Waals surface area contributed by atoms with Crippen molar-refractivity contribution in [3.05, 3.63) is 81.8 Å². The minimum absolute atomic E-state index is 0.0477. The van der Waals surface area contributed by atoms with Crippen LogP contribution in [-0.2, 0) is 5.41 Å². The molecule has 0 amide bonds. The van der Waals surface area contributed by atoms with Gasteiger partial charge in [0, 0.05) is 27.7 Å². The molecule has 0 aromatic heterocycles. The van der Waals surface area contributed by atoms with Gasteiger partial charge in [0.25, 0.3) is 0 Å². The Hall–Kier alpha value is -2.04. The predicted octanol–water partition coefficient (Wildman–Crippen LogP) is 6.84. The SMILES string of the molecule is FC(F)(F)C1(c2cc(Cl)cc(Cl)c2)CN=C(c2cccc3ccccc23)C1. The number of nitrogens with zero attached hydrogens (tertiary/aromatic N) is 1. The van der Waals surface area contributed by atoms with Crippen LogP contribution in [0.4, 0.5) is 13.2 Å². The molecule has 0 fully saturated rings. The van der Waals surface area contributed by atoms with E-state index in [2.05, 4.69) is 4.99 Å². The summed E-state index contributed by atoms with van der Waals surface area (Å²) in [6.07, 6.45) is -4.74. The number of aliphatic imine (C=N–C) groups is 1. The standard InChI is InChI=1S/C21H14Cl2F3N/c22-15-8-14(9-16(23)10-15)20(21(24,25)26)11-19(27-12-20)18-7-3-5-13-4-1-2-6-17(13)18/h1-10H,11-12H2. The number of alkyl halides is 3. The third kappa shape index (κ3) is 3.11. The lowest BCUT2D eigenvalue weighted by Crippen LogP contribution is -2.43. The monoisotopic (exact) mass is 407 g/mol. The number of fused-ring (bicyclic) bond motifs is 1. The Morgan fingerprint density at radius 2 is 1.56 bits per heavy atom. The number of benzene rings is 3. The van der Waals surface area contributed by atoms with Crippen molar-refractivity contribution in [2.75, 3.05) is 6.54 Å². The smallest absolute Gasteiger partial charge is 0.288 e. The van der Waals surface area contributed by atoms with Gasteiger partial charge < -0.3 is 0 Å². The van der Waals surface area contributed by atoms with Crippen LogP contribution in [0.3, 0.4) is 0 Å². The van der Waals surface area contributed by atoms with Crippen molar-refractivity contribution < 1.29 is 13.2 Å². The van der Waals surface area contributed by atoms with Crippen molar-refractivity contribution >= 4 is 39.7 Å². The van der Waals surface area contributed by atoms with Crippen molar-refractivity contribution in [3.63, 3.8) is 0 Å². The van der Waals surface area contributed by atoms with Crippen LogP contribution in [0.5, 0.6) is 0 Å². The molecule has 27 heavy (non-hydrogen) atoms. The van der Waals surface area contributed by atoms with E-state index in [0.29, 0.717) is 5.71 Å². The van der Waals surface area contributed by atoms with Gasteiger partial charge in [-0.15, -0.1) is 0 Å². The van der Waals surface area contributed by atoms with Gasteiger partial charge in [0.05, 0.1) is 6.54 Å². The Morgan fingerprint density at radius 1 is 0.889 bits per heavy atom. The average molecular weight is 408 g/mol. The molecule has 0 radical (unpaired) electrons. The van der Waals surface area contributed by atoms with E-state index in [1.165, 1.54) is 18.2 Å². The maximum absolute atomic E-state index is 14.2. The van der Waals surface area contributed by atoms with E-state index in [9.17, 15) is 13.2 Å². The second kappa shape index (κ2) is 6.54. The largest absolute Gasteiger partial charge is 0.400 e. The molecule has 3 aromatic rings. The summed E-state index contributed by atoms with van der Waals surface area (Å²) >= 11 is 12.0. The lowest BCUT2D eigenvalue weighted by molar-refractivity contribution is -0.183. The summed E-state index contributed by atoms with van der Waals surface area (Å²) in [4.78, 5) is 4.32. The molecule has 0 saturated carbocycles. The lowest BCUT2D eigenvalue weighted by atomic mass is 9.76. The Labute approximate surface area is 164 Å². The Balaban J connectivity index is 1.82. The van der Waals surface area contributed by atoms with E-state index in [-0.39, 0.29) is 28.6 Å². The topological polar surface area (TPSA) is 12.4 Å². The normalized spacial score (nSPS) is 20.1. The molecule has 6 heteroatoms. The van der Waals surface area contributed by atoms with E-state index in [1.54, 1.807) is 0 Å². The zero-order chi connectivity index (χ0) is 19.2. The van der Waals surface area contributed by atoms with E-state index < -0.39 is 11.6 Å². The second-order valence-corrected chi connectivity index (χ2v) is 7.58. The highest BCUT2D eigenvalue weighted by atomic mass is 35.5. The van der Waals surface area contributed by atoms with Crippen molar-refractivity contribution in [2.45, 2.75) is 18.0 Å². The van der Waals surface area contributed by atoms with Gasteiger partial charge in [-0.2, -0.15) is 13.2 Å². The Kier molecular flexibility index (Phi) is 4.44. The first kappa shape index (κ1) is 18.3. The molecule has 4 rings (SSSR count). The van der Waals surface area contributed by atoms with E-state index in [1.807, 2.05) is 42.5 Å². The molecule has 138 valence electrons. The van der Waals surface area contributed by atoms with Gasteiger partial charge in [0.2, 0.25) is 0 Å². The van der Waals surface area contributed by atoms with E-state index in [4.69, 9.17) is 23.2 Å². The molecule has 0 saturated heterocycles. The van der Waals surface area contributed by atoms with Crippen molar-refractivity contribution in [3.8, 4) is 0 Å². The summed E-state index contributed by atoms with van der Waals surface area (Å²) in [6, 6.07) is 17.3. The maximum Gasteiger partial charge on any atom is 0.400 e. The highest BCUT2D eigenvalue weighted by molar-refractivity contribution is 6.34. The van der Waals surface area contributed by atoms with Gasteiger partial charge in [0.1, 0.15) is 5.41 Å². The molecule has 0 spiro atoms. The van der Waals surface area contributed by atoms with E-state index in [0.717, 1.165) is 16.3 Å². The molecular formula is C21H14Cl2F3N. The zero-order valence-electron chi connectivity index (χ0n) is 14.0. The fourth-order valence-electron chi connectivity index (χ4n) is 3.66. The van der Waals surface area contributed by atoms with Crippen molar-refractivity contribution in [1.29, 1.82) is 0 Å². The van der Waals surface area contributed by atoms with E-state index >= 15 is 0 Å². The van der Waals surface area contributed by atoms with Crippen LogP contribution in [0.25, 0.3) is 10.8 Å². The van der Waals surface area contributed by atoms with Gasteiger partial charge in [-0.3, -0.25) is 4.99 Å². The molecule has 0 N–H and O–H groups in total. The lowest BCUT2D eigenvalue weighted by Gasteiger charge is -2.31. The number of halogens is 5. The minimum Gasteiger partial charge on any atom is -0.288 e. The first-order chi connectivity index (χ1) is 12.8. The molecule has 0 bridgehead atoms. The van der Waals surface area contributed by atoms with Crippen molar-refractivity contribution in [1.82, 2.24) is 0 Å². The van der Waals surface area contributed by atoms with Crippen LogP contribution in [0, 0.1) is 0 Å². The molecule has 1 nitrogen and oxygen atoms in total. The van der Waals surface area contributed by atoms with Gasteiger partial charge in [-0.05, 0) is 34.5 Å². The summed E-state index contributed by atoms with van der Waals surface area (Å²) in [5.74, 6) is 0. The zero-order valence-corrected chi connectivity index (χ0v) is 15.5. The van der Waals surface area contributed by atoms with Gasteiger partial charge in [0.15, 0.2) is 0 Å². The highest BCUT2D eigenvalue weighted by Crippen LogP contribution is 2.49. The molecule has 1 aliphatic rings. The number of hydrogen-bond acceptors (Lipinski definition) is 1. The number of hydrogen-bond donors (Lipinski definition) is 0.